The minimum absolute atomic E-state index is 0.000219. The molecule has 1 rings (SSSR count). The van der Waals surface area contributed by atoms with Crippen LogP contribution in [0.25, 0.3) is 0 Å². The van der Waals surface area contributed by atoms with Gasteiger partial charge in [0.05, 0.1) is 12.0 Å². The molecule has 1 aromatic heterocycles. The summed E-state index contributed by atoms with van der Waals surface area (Å²) in [7, 11) is 0. The average Bonchev–Trinajstić information content (AvgIpc) is 2.27. The molecule has 104 valence electrons. The van der Waals surface area contributed by atoms with Crippen LogP contribution >= 0.6 is 0 Å². The van der Waals surface area contributed by atoms with Gasteiger partial charge in [-0.1, -0.05) is 13.8 Å². The monoisotopic (exact) mass is 266 g/mol. The smallest absolute Gasteiger partial charge is 0.305 e. The third kappa shape index (κ3) is 3.64. The Morgan fingerprint density at radius 1 is 1.42 bits per heavy atom. The van der Waals surface area contributed by atoms with Gasteiger partial charge in [-0.3, -0.25) is 9.59 Å². The molecule has 1 aromatic rings. The lowest BCUT2D eigenvalue weighted by molar-refractivity contribution is -0.138. The largest absolute Gasteiger partial charge is 0.481 e. The summed E-state index contributed by atoms with van der Waals surface area (Å²) < 4.78 is 0. The molecule has 0 aliphatic heterocycles. The van der Waals surface area contributed by atoms with Crippen LogP contribution in [0, 0.1) is 5.92 Å². The van der Waals surface area contributed by atoms with Crippen LogP contribution in [0.3, 0.4) is 0 Å². The summed E-state index contributed by atoms with van der Waals surface area (Å²) in [6.45, 7) is 5.35. The van der Waals surface area contributed by atoms with E-state index in [1.165, 1.54) is 12.4 Å². The van der Waals surface area contributed by atoms with Gasteiger partial charge in [0, 0.05) is 12.4 Å². The lowest BCUT2D eigenvalue weighted by Crippen LogP contribution is -2.51. The van der Waals surface area contributed by atoms with Crippen LogP contribution in [-0.2, 0) is 4.79 Å². The van der Waals surface area contributed by atoms with E-state index in [0.29, 0.717) is 0 Å². The molecule has 1 atom stereocenters. The summed E-state index contributed by atoms with van der Waals surface area (Å²) in [5, 5.41) is 11.6. The first-order valence-electron chi connectivity index (χ1n) is 5.87. The van der Waals surface area contributed by atoms with Crippen LogP contribution < -0.4 is 11.1 Å². The molecule has 0 bridgehead atoms. The molecule has 1 unspecified atom stereocenters. The first kappa shape index (κ1) is 14.9. The molecule has 0 saturated carbocycles. The van der Waals surface area contributed by atoms with Crippen LogP contribution in [0.5, 0.6) is 0 Å². The van der Waals surface area contributed by atoms with E-state index in [2.05, 4.69) is 15.3 Å². The molecule has 0 aromatic carbocycles. The van der Waals surface area contributed by atoms with E-state index in [-0.39, 0.29) is 23.9 Å². The maximum atomic E-state index is 12.1. The number of hydrogen-bond donors (Lipinski definition) is 3. The average molecular weight is 266 g/mol. The Hall–Kier alpha value is -2.18. The minimum Gasteiger partial charge on any atom is -0.481 e. The van der Waals surface area contributed by atoms with Gasteiger partial charge in [-0.15, -0.1) is 0 Å². The number of carboxylic acid groups (broad SMARTS) is 1. The Morgan fingerprint density at radius 2 is 2.00 bits per heavy atom. The molecular weight excluding hydrogens is 248 g/mol. The second kappa shape index (κ2) is 5.64. The number of carbonyl (C=O) groups excluding carboxylic acids is 1. The Bertz CT molecular complexity index is 490. The zero-order valence-electron chi connectivity index (χ0n) is 11.2. The van der Waals surface area contributed by atoms with E-state index in [9.17, 15) is 9.59 Å². The first-order chi connectivity index (χ1) is 8.76. The lowest BCUT2D eigenvalue weighted by Gasteiger charge is -2.33. The van der Waals surface area contributed by atoms with Gasteiger partial charge in [0.25, 0.3) is 5.91 Å². The number of aliphatic carboxylic acids is 1. The number of hydrogen-bond acceptors (Lipinski definition) is 5. The highest BCUT2D eigenvalue weighted by atomic mass is 16.4. The third-order valence-electron chi connectivity index (χ3n) is 3.13. The topological polar surface area (TPSA) is 118 Å². The van der Waals surface area contributed by atoms with Crippen LogP contribution in [-0.4, -0.2) is 32.5 Å². The Labute approximate surface area is 111 Å². The number of nitrogens with two attached hydrogens (primary N) is 1. The number of nitrogens with one attached hydrogen (secondary N) is 1. The highest BCUT2D eigenvalue weighted by molar-refractivity contribution is 5.96. The molecule has 19 heavy (non-hydrogen) atoms. The van der Waals surface area contributed by atoms with Crippen LogP contribution in [0.15, 0.2) is 12.4 Å². The van der Waals surface area contributed by atoms with E-state index < -0.39 is 17.4 Å². The van der Waals surface area contributed by atoms with Gasteiger partial charge in [0.15, 0.2) is 11.5 Å². The lowest BCUT2D eigenvalue weighted by atomic mass is 9.85. The zero-order valence-corrected chi connectivity index (χ0v) is 11.2. The fraction of sp³-hybridized carbons (Fsp3) is 0.500. The van der Waals surface area contributed by atoms with Crippen molar-refractivity contribution in [1.82, 2.24) is 15.3 Å². The quantitative estimate of drug-likeness (QED) is 0.721. The zero-order chi connectivity index (χ0) is 14.6. The molecule has 0 spiro atoms. The second-order valence-electron chi connectivity index (χ2n) is 4.89. The molecule has 4 N–H and O–H groups in total. The van der Waals surface area contributed by atoms with E-state index >= 15 is 0 Å². The van der Waals surface area contributed by atoms with E-state index in [4.69, 9.17) is 10.8 Å². The maximum absolute atomic E-state index is 12.1. The van der Waals surface area contributed by atoms with Gasteiger partial charge >= 0.3 is 5.97 Å². The van der Waals surface area contributed by atoms with Gasteiger partial charge in [0.1, 0.15) is 0 Å². The summed E-state index contributed by atoms with van der Waals surface area (Å²) in [4.78, 5) is 30.6. The van der Waals surface area contributed by atoms with Crippen LogP contribution in [0.2, 0.25) is 0 Å². The van der Waals surface area contributed by atoms with Crippen molar-refractivity contribution in [2.24, 2.45) is 5.92 Å². The second-order valence-corrected chi connectivity index (χ2v) is 4.89. The summed E-state index contributed by atoms with van der Waals surface area (Å²) in [5.74, 6) is -1.56. The standard InChI is InChI=1S/C12H18N4O3/c1-7(2)12(3,6-8(17)18)16-11(19)9-10(13)15-5-4-14-9/h4-5,7H,6H2,1-3H3,(H2,13,15)(H,16,19)(H,17,18). The number of rotatable bonds is 5. The fourth-order valence-corrected chi connectivity index (χ4v) is 1.55. The van der Waals surface area contributed by atoms with Crippen molar-refractivity contribution in [3.05, 3.63) is 18.1 Å². The van der Waals surface area contributed by atoms with Crippen molar-refractivity contribution in [2.45, 2.75) is 32.7 Å². The molecule has 0 fully saturated rings. The van der Waals surface area contributed by atoms with Crippen molar-refractivity contribution in [3.63, 3.8) is 0 Å². The van der Waals surface area contributed by atoms with E-state index in [1.807, 2.05) is 13.8 Å². The number of nitrogen functional groups attached to an aromatic ring is 1. The number of aromatic nitrogens is 2. The molecular formula is C12H18N4O3. The molecule has 1 heterocycles. The number of nitrogens with zero attached hydrogens (tertiary/aromatic N) is 2. The highest BCUT2D eigenvalue weighted by Crippen LogP contribution is 2.21. The molecule has 0 aliphatic rings. The predicted octanol–water partition coefficient (Wildman–Crippen LogP) is 0.678. The molecule has 1 amide bonds. The van der Waals surface area contributed by atoms with Gasteiger partial charge in [0.2, 0.25) is 0 Å². The summed E-state index contributed by atoms with van der Waals surface area (Å²) in [6.07, 6.45) is 2.55. The van der Waals surface area contributed by atoms with Crippen LogP contribution in [0.4, 0.5) is 5.82 Å². The SMILES string of the molecule is CC(C)C(C)(CC(=O)O)NC(=O)c1nccnc1N. The van der Waals surface area contributed by atoms with Crippen molar-refractivity contribution in [3.8, 4) is 0 Å². The van der Waals surface area contributed by atoms with Crippen LogP contribution in [0.1, 0.15) is 37.7 Å². The summed E-state index contributed by atoms with van der Waals surface area (Å²) in [5.41, 5.74) is 4.68. The van der Waals surface area contributed by atoms with Crippen molar-refractivity contribution >= 4 is 17.7 Å². The third-order valence-corrected chi connectivity index (χ3v) is 3.13. The molecule has 0 aliphatic carbocycles. The Kier molecular flexibility index (Phi) is 4.42. The normalized spacial score (nSPS) is 13.9. The predicted molar refractivity (Wildman–Crippen MR) is 69.4 cm³/mol. The van der Waals surface area contributed by atoms with E-state index in [0.717, 1.165) is 0 Å². The van der Waals surface area contributed by atoms with Gasteiger partial charge in [-0.05, 0) is 12.8 Å². The van der Waals surface area contributed by atoms with Gasteiger partial charge < -0.3 is 16.2 Å². The van der Waals surface area contributed by atoms with E-state index in [1.54, 1.807) is 6.92 Å². The summed E-state index contributed by atoms with van der Waals surface area (Å²) in [6, 6.07) is 0. The molecule has 0 radical (unpaired) electrons. The Balaban J connectivity index is 2.95. The number of carboxylic acids is 1. The first-order valence-corrected chi connectivity index (χ1v) is 5.87. The molecule has 7 nitrogen and oxygen atoms in total. The fourth-order valence-electron chi connectivity index (χ4n) is 1.55. The molecule has 7 heteroatoms. The highest BCUT2D eigenvalue weighted by Gasteiger charge is 2.33. The van der Waals surface area contributed by atoms with Gasteiger partial charge in [-0.2, -0.15) is 0 Å². The maximum Gasteiger partial charge on any atom is 0.305 e. The van der Waals surface area contributed by atoms with Crippen molar-refractivity contribution in [1.29, 1.82) is 0 Å². The minimum atomic E-state index is -0.983. The number of carbonyl (C=O) groups is 2. The van der Waals surface area contributed by atoms with Crippen molar-refractivity contribution < 1.29 is 14.7 Å². The Morgan fingerprint density at radius 3 is 2.47 bits per heavy atom. The van der Waals surface area contributed by atoms with Gasteiger partial charge in [-0.25, -0.2) is 9.97 Å². The van der Waals surface area contributed by atoms with Crippen molar-refractivity contribution in [2.75, 3.05) is 5.73 Å². The molecule has 0 saturated heterocycles. The summed E-state index contributed by atoms with van der Waals surface area (Å²) >= 11 is 0. The number of amides is 1. The number of anilines is 1.